The number of piperidine rings is 1. The van der Waals surface area contributed by atoms with E-state index >= 15 is 0 Å². The number of halogens is 2. The third-order valence-electron chi connectivity index (χ3n) is 4.29. The summed E-state index contributed by atoms with van der Waals surface area (Å²) in [6.45, 7) is 3.48. The van der Waals surface area contributed by atoms with E-state index in [2.05, 4.69) is 43.6 Å². The first-order valence-electron chi connectivity index (χ1n) is 8.32. The molecule has 1 aromatic carbocycles. The molecule has 4 nitrogen and oxygen atoms in total. The Kier molecular flexibility index (Phi) is 6.76. The lowest BCUT2D eigenvalue weighted by molar-refractivity contribution is 0.186. The molecule has 1 saturated heterocycles. The van der Waals surface area contributed by atoms with Crippen LogP contribution in [0.5, 0.6) is 0 Å². The first-order chi connectivity index (χ1) is 12.1. The smallest absolute Gasteiger partial charge is 0.315 e. The molecular weight excluding hydrogens is 422 g/mol. The van der Waals surface area contributed by atoms with E-state index in [0.717, 1.165) is 46.8 Å². The second kappa shape index (κ2) is 9.03. The molecule has 7 heteroatoms. The maximum atomic E-state index is 12.0. The van der Waals surface area contributed by atoms with Crippen molar-refractivity contribution in [2.75, 3.05) is 13.1 Å². The highest BCUT2D eigenvalue weighted by atomic mass is 79.9. The van der Waals surface area contributed by atoms with Crippen molar-refractivity contribution in [3.8, 4) is 0 Å². The Labute approximate surface area is 165 Å². The van der Waals surface area contributed by atoms with E-state index in [1.54, 1.807) is 11.3 Å². The molecule has 2 amide bonds. The zero-order valence-corrected chi connectivity index (χ0v) is 17.0. The van der Waals surface area contributed by atoms with Crippen LogP contribution in [-0.4, -0.2) is 30.1 Å². The van der Waals surface area contributed by atoms with Gasteiger partial charge in [0.2, 0.25) is 0 Å². The Balaban J connectivity index is 1.37. The minimum Gasteiger partial charge on any atom is -0.335 e. The molecular formula is C18H21BrClN3OS. The second-order valence-corrected chi connectivity index (χ2v) is 8.58. The molecule has 1 aromatic heterocycles. The summed E-state index contributed by atoms with van der Waals surface area (Å²) in [5, 5.41) is 8.81. The molecule has 134 valence electrons. The van der Waals surface area contributed by atoms with Crippen molar-refractivity contribution in [1.29, 1.82) is 0 Å². The monoisotopic (exact) mass is 441 g/mol. The summed E-state index contributed by atoms with van der Waals surface area (Å²) in [6, 6.07) is 10.2. The number of carbonyl (C=O) groups is 1. The van der Waals surface area contributed by atoms with E-state index in [4.69, 9.17) is 11.6 Å². The summed E-state index contributed by atoms with van der Waals surface area (Å²) in [5.41, 5.74) is 1.27. The zero-order chi connectivity index (χ0) is 17.6. The molecule has 0 radical (unpaired) electrons. The number of hydrogen-bond donors (Lipinski definition) is 2. The van der Waals surface area contributed by atoms with Crippen molar-refractivity contribution in [3.63, 3.8) is 0 Å². The van der Waals surface area contributed by atoms with Crippen molar-refractivity contribution >= 4 is 44.9 Å². The standard InChI is InChI=1S/C18H21BrClN3OS/c19-14-9-17(25-12-14)10-21-18(24)22-16-5-7-23(8-6-16)11-13-1-3-15(20)4-2-13/h1-4,9,12,16H,5-8,10-11H2,(H2,21,22,24). The van der Waals surface area contributed by atoms with E-state index in [9.17, 15) is 4.79 Å². The lowest BCUT2D eigenvalue weighted by Crippen LogP contribution is -2.47. The predicted molar refractivity (Wildman–Crippen MR) is 107 cm³/mol. The highest BCUT2D eigenvalue weighted by Gasteiger charge is 2.20. The van der Waals surface area contributed by atoms with Gasteiger partial charge in [0.25, 0.3) is 0 Å². The molecule has 1 fully saturated rings. The van der Waals surface area contributed by atoms with Crippen LogP contribution in [0.3, 0.4) is 0 Å². The normalized spacial score (nSPS) is 15.9. The Morgan fingerprint density at radius 2 is 2.00 bits per heavy atom. The molecule has 0 aliphatic carbocycles. The summed E-state index contributed by atoms with van der Waals surface area (Å²) < 4.78 is 1.06. The van der Waals surface area contributed by atoms with Crippen molar-refractivity contribution < 1.29 is 4.79 Å². The van der Waals surface area contributed by atoms with Crippen LogP contribution in [0.4, 0.5) is 4.79 Å². The molecule has 2 heterocycles. The van der Waals surface area contributed by atoms with Crippen LogP contribution in [-0.2, 0) is 13.1 Å². The first kappa shape index (κ1) is 18.7. The molecule has 2 aromatic rings. The summed E-state index contributed by atoms with van der Waals surface area (Å²) in [4.78, 5) is 15.6. The van der Waals surface area contributed by atoms with E-state index in [0.29, 0.717) is 6.54 Å². The molecule has 25 heavy (non-hydrogen) atoms. The number of benzene rings is 1. The van der Waals surface area contributed by atoms with Gasteiger partial charge in [-0.25, -0.2) is 4.79 Å². The largest absolute Gasteiger partial charge is 0.335 e. The lowest BCUT2D eigenvalue weighted by atomic mass is 10.0. The van der Waals surface area contributed by atoms with Gasteiger partial charge in [-0.2, -0.15) is 0 Å². The molecule has 1 aliphatic rings. The number of hydrogen-bond acceptors (Lipinski definition) is 3. The highest BCUT2D eigenvalue weighted by Crippen LogP contribution is 2.19. The number of carbonyl (C=O) groups excluding carboxylic acids is 1. The molecule has 3 rings (SSSR count). The van der Waals surface area contributed by atoms with Crippen LogP contribution >= 0.6 is 38.9 Å². The number of nitrogens with zero attached hydrogens (tertiary/aromatic N) is 1. The van der Waals surface area contributed by atoms with Gasteiger partial charge in [0.1, 0.15) is 0 Å². The quantitative estimate of drug-likeness (QED) is 0.709. The van der Waals surface area contributed by atoms with Crippen LogP contribution in [0.25, 0.3) is 0 Å². The molecule has 0 spiro atoms. The topological polar surface area (TPSA) is 44.4 Å². The Hall–Kier alpha value is -1.08. The van der Waals surface area contributed by atoms with Gasteiger partial charge in [0.05, 0.1) is 6.54 Å². The first-order valence-corrected chi connectivity index (χ1v) is 10.4. The zero-order valence-electron chi connectivity index (χ0n) is 13.8. The van der Waals surface area contributed by atoms with E-state index in [-0.39, 0.29) is 12.1 Å². The maximum Gasteiger partial charge on any atom is 0.315 e. The SMILES string of the molecule is O=C(NCc1cc(Br)cs1)NC1CCN(Cc2ccc(Cl)cc2)CC1. The number of urea groups is 1. The number of amides is 2. The molecule has 2 N–H and O–H groups in total. The number of thiophene rings is 1. The predicted octanol–water partition coefficient (Wildman–Crippen LogP) is 4.63. The van der Waals surface area contributed by atoms with Crippen LogP contribution in [0.15, 0.2) is 40.2 Å². The van der Waals surface area contributed by atoms with E-state index in [1.165, 1.54) is 5.56 Å². The minimum absolute atomic E-state index is 0.0827. The minimum atomic E-state index is -0.0827. The van der Waals surface area contributed by atoms with Crippen LogP contribution < -0.4 is 10.6 Å². The van der Waals surface area contributed by atoms with Gasteiger partial charge in [-0.15, -0.1) is 11.3 Å². The maximum absolute atomic E-state index is 12.0. The van der Waals surface area contributed by atoms with E-state index in [1.807, 2.05) is 23.6 Å². The fraction of sp³-hybridized carbons (Fsp3) is 0.389. The molecule has 0 atom stereocenters. The highest BCUT2D eigenvalue weighted by molar-refractivity contribution is 9.10. The van der Waals surface area contributed by atoms with Crippen LogP contribution in [0, 0.1) is 0 Å². The summed E-state index contributed by atoms with van der Waals surface area (Å²) in [7, 11) is 0. The molecule has 0 bridgehead atoms. The van der Waals surface area contributed by atoms with Crippen LogP contribution in [0.1, 0.15) is 23.3 Å². The van der Waals surface area contributed by atoms with Crippen LogP contribution in [0.2, 0.25) is 5.02 Å². The average Bonchev–Trinajstić information content (AvgIpc) is 3.02. The van der Waals surface area contributed by atoms with Gasteiger partial charge in [-0.3, -0.25) is 4.90 Å². The second-order valence-electron chi connectivity index (χ2n) is 6.24. The van der Waals surface area contributed by atoms with Crippen molar-refractivity contribution in [2.45, 2.75) is 32.0 Å². The van der Waals surface area contributed by atoms with Gasteiger partial charge >= 0.3 is 6.03 Å². The molecule has 0 saturated carbocycles. The molecule has 1 aliphatic heterocycles. The fourth-order valence-corrected chi connectivity index (χ4v) is 4.45. The number of rotatable bonds is 5. The third kappa shape index (κ3) is 5.99. The Morgan fingerprint density at radius 1 is 1.28 bits per heavy atom. The summed E-state index contributed by atoms with van der Waals surface area (Å²) >= 11 is 11.0. The fourth-order valence-electron chi connectivity index (χ4n) is 2.93. The van der Waals surface area contributed by atoms with Crippen molar-refractivity contribution in [2.24, 2.45) is 0 Å². The van der Waals surface area contributed by atoms with Crippen molar-refractivity contribution in [3.05, 3.63) is 55.6 Å². The summed E-state index contributed by atoms with van der Waals surface area (Å²) in [6.07, 6.45) is 1.96. The van der Waals surface area contributed by atoms with Gasteiger partial charge in [0, 0.05) is 45.4 Å². The Morgan fingerprint density at radius 3 is 2.64 bits per heavy atom. The van der Waals surface area contributed by atoms with E-state index < -0.39 is 0 Å². The lowest BCUT2D eigenvalue weighted by Gasteiger charge is -2.32. The van der Waals surface area contributed by atoms with Gasteiger partial charge in [-0.05, 0) is 52.5 Å². The molecule has 0 unspecified atom stereocenters. The van der Waals surface area contributed by atoms with Gasteiger partial charge in [0.15, 0.2) is 0 Å². The Bertz CT molecular complexity index is 699. The third-order valence-corrected chi connectivity index (χ3v) is 6.24. The van der Waals surface area contributed by atoms with Gasteiger partial charge in [-0.1, -0.05) is 23.7 Å². The number of likely N-dealkylation sites (tertiary alicyclic amines) is 1. The summed E-state index contributed by atoms with van der Waals surface area (Å²) in [5.74, 6) is 0. The number of nitrogens with one attached hydrogen (secondary N) is 2. The van der Waals surface area contributed by atoms with Gasteiger partial charge < -0.3 is 10.6 Å². The van der Waals surface area contributed by atoms with Crippen molar-refractivity contribution in [1.82, 2.24) is 15.5 Å². The average molecular weight is 443 g/mol.